The van der Waals surface area contributed by atoms with Crippen LogP contribution in [0.15, 0.2) is 18.2 Å². The molecule has 9 heteroatoms. The topological polar surface area (TPSA) is 96.7 Å². The van der Waals surface area contributed by atoms with Crippen LogP contribution in [-0.4, -0.2) is 54.0 Å². The number of halogens is 2. The van der Waals surface area contributed by atoms with E-state index in [-0.39, 0.29) is 29.6 Å². The van der Waals surface area contributed by atoms with Crippen molar-refractivity contribution in [2.75, 3.05) is 19.6 Å². The van der Waals surface area contributed by atoms with Crippen molar-refractivity contribution >= 4 is 23.5 Å². The molecular weight excluding hydrogens is 375 g/mol. The molecular formula is C18H24ClFN4O3. The first-order valence-electron chi connectivity index (χ1n) is 9.08. The summed E-state index contributed by atoms with van der Waals surface area (Å²) in [6.07, 6.45) is 1.65. The number of ether oxygens (including phenoxy) is 1. The zero-order valence-electron chi connectivity index (χ0n) is 15.1. The van der Waals surface area contributed by atoms with Crippen molar-refractivity contribution in [1.82, 2.24) is 15.8 Å². The number of nitrogens with zero attached hydrogens (tertiary/aromatic N) is 1. The van der Waals surface area contributed by atoms with E-state index in [9.17, 15) is 14.0 Å². The number of esters is 1. The van der Waals surface area contributed by atoms with Crippen LogP contribution >= 0.6 is 11.6 Å². The molecule has 1 aromatic carbocycles. The number of rotatable bonds is 7. The molecule has 0 radical (unpaired) electrons. The summed E-state index contributed by atoms with van der Waals surface area (Å²) in [5.74, 6) is -1.58. The molecule has 1 saturated heterocycles. The molecule has 2 unspecified atom stereocenters. The number of alkyl halides is 1. The fourth-order valence-corrected chi connectivity index (χ4v) is 3.40. The Morgan fingerprint density at radius 3 is 2.85 bits per heavy atom. The third-order valence-corrected chi connectivity index (χ3v) is 5.02. The summed E-state index contributed by atoms with van der Waals surface area (Å²) in [7, 11) is 0. The molecule has 1 aliphatic carbocycles. The van der Waals surface area contributed by atoms with E-state index in [2.05, 4.69) is 10.7 Å². The molecule has 7 nitrogen and oxygen atoms in total. The number of nitrogens with one attached hydrogen (secondary N) is 2. The molecule has 148 valence electrons. The summed E-state index contributed by atoms with van der Waals surface area (Å²) in [5, 5.41) is 4.23. The first-order chi connectivity index (χ1) is 12.9. The van der Waals surface area contributed by atoms with Gasteiger partial charge in [-0.25, -0.2) is 9.40 Å². The quantitative estimate of drug-likeness (QED) is 0.469. The molecule has 0 bridgehead atoms. The Morgan fingerprint density at radius 1 is 1.44 bits per heavy atom. The Balaban J connectivity index is 1.66. The molecule has 3 atom stereocenters. The van der Waals surface area contributed by atoms with Gasteiger partial charge in [-0.2, -0.15) is 0 Å². The summed E-state index contributed by atoms with van der Waals surface area (Å²) >= 11 is 6.36. The van der Waals surface area contributed by atoms with Crippen LogP contribution in [0, 0.1) is 5.82 Å². The highest BCUT2D eigenvalue weighted by Crippen LogP contribution is 2.31. The standard InChI is InChI=1S/C18H24ClFN4O3/c1-2-24-16(14(19)8-23-24)10-5-11(7-12(20)6-10)17(25)22-9-15(21)18(26)27-13-3-4-13/h5-7,13-16,23H,2-4,8-9,21H2,1H3,(H,22,25)/t14?,15-,16?/m1/s1. The normalized spacial score (nSPS) is 23.9. The molecule has 1 heterocycles. The van der Waals surface area contributed by atoms with Crippen molar-refractivity contribution in [1.29, 1.82) is 0 Å². The van der Waals surface area contributed by atoms with Crippen LogP contribution in [0.1, 0.15) is 41.7 Å². The van der Waals surface area contributed by atoms with Gasteiger partial charge in [0.15, 0.2) is 0 Å². The smallest absolute Gasteiger partial charge is 0.325 e. The average Bonchev–Trinajstić information content (AvgIpc) is 3.37. The van der Waals surface area contributed by atoms with Gasteiger partial charge in [0.2, 0.25) is 0 Å². The number of hydrogen-bond acceptors (Lipinski definition) is 6. The second-order valence-electron chi connectivity index (χ2n) is 6.84. The van der Waals surface area contributed by atoms with Crippen LogP contribution in [-0.2, 0) is 9.53 Å². The lowest BCUT2D eigenvalue weighted by Gasteiger charge is -2.24. The largest absolute Gasteiger partial charge is 0.461 e. The summed E-state index contributed by atoms with van der Waals surface area (Å²) < 4.78 is 19.2. The maximum absolute atomic E-state index is 14.1. The van der Waals surface area contributed by atoms with E-state index in [4.69, 9.17) is 22.1 Å². The van der Waals surface area contributed by atoms with Gasteiger partial charge < -0.3 is 15.8 Å². The molecule has 4 N–H and O–H groups in total. The van der Waals surface area contributed by atoms with E-state index in [1.165, 1.54) is 6.07 Å². The first-order valence-corrected chi connectivity index (χ1v) is 9.51. The van der Waals surface area contributed by atoms with E-state index in [1.54, 1.807) is 6.07 Å². The Labute approximate surface area is 162 Å². The van der Waals surface area contributed by atoms with E-state index in [0.29, 0.717) is 18.7 Å². The first kappa shape index (κ1) is 20.0. The summed E-state index contributed by atoms with van der Waals surface area (Å²) in [4.78, 5) is 24.2. The zero-order valence-corrected chi connectivity index (χ0v) is 15.8. The number of carbonyl (C=O) groups excluding carboxylic acids is 2. The average molecular weight is 399 g/mol. The predicted molar refractivity (Wildman–Crippen MR) is 98.6 cm³/mol. The highest BCUT2D eigenvalue weighted by atomic mass is 35.5. The number of benzene rings is 1. The number of hydrogen-bond donors (Lipinski definition) is 3. The van der Waals surface area contributed by atoms with Gasteiger partial charge in [-0.3, -0.25) is 15.0 Å². The van der Waals surface area contributed by atoms with Crippen molar-refractivity contribution in [2.45, 2.75) is 43.3 Å². The van der Waals surface area contributed by atoms with Crippen LogP contribution in [0.25, 0.3) is 0 Å². The van der Waals surface area contributed by atoms with E-state index in [0.717, 1.165) is 18.9 Å². The third kappa shape index (κ3) is 4.95. The number of carbonyl (C=O) groups is 2. The SMILES string of the molecule is CCN1NCC(Cl)C1c1cc(F)cc(C(=O)NC[C@@H](N)C(=O)OC2CC2)c1. The summed E-state index contributed by atoms with van der Waals surface area (Å²) in [5.41, 5.74) is 9.66. The Kier molecular flexibility index (Phi) is 6.31. The molecule has 1 aromatic rings. The molecule has 2 fully saturated rings. The van der Waals surface area contributed by atoms with Crippen LogP contribution < -0.4 is 16.5 Å². The molecule has 0 spiro atoms. The minimum absolute atomic E-state index is 0.0462. The highest BCUT2D eigenvalue weighted by molar-refractivity contribution is 6.21. The monoisotopic (exact) mass is 398 g/mol. The Morgan fingerprint density at radius 2 is 2.19 bits per heavy atom. The molecule has 1 saturated carbocycles. The molecule has 1 aliphatic heterocycles. The lowest BCUT2D eigenvalue weighted by molar-refractivity contribution is -0.146. The highest BCUT2D eigenvalue weighted by Gasteiger charge is 2.34. The number of nitrogens with two attached hydrogens (primary N) is 1. The fourth-order valence-electron chi connectivity index (χ4n) is 3.05. The minimum Gasteiger partial charge on any atom is -0.461 e. The lowest BCUT2D eigenvalue weighted by Crippen LogP contribution is -2.43. The van der Waals surface area contributed by atoms with E-state index < -0.39 is 23.7 Å². The van der Waals surface area contributed by atoms with Gasteiger partial charge in [0.05, 0.1) is 11.4 Å². The van der Waals surface area contributed by atoms with Crippen molar-refractivity contribution in [3.8, 4) is 0 Å². The lowest BCUT2D eigenvalue weighted by atomic mass is 10.0. The second kappa shape index (κ2) is 8.52. The van der Waals surface area contributed by atoms with Crippen molar-refractivity contribution in [2.24, 2.45) is 5.73 Å². The molecule has 0 aromatic heterocycles. The summed E-state index contributed by atoms with van der Waals surface area (Å²) in [6.45, 7) is 3.13. The number of hydrazine groups is 1. The second-order valence-corrected chi connectivity index (χ2v) is 7.40. The number of amides is 1. The molecule has 3 rings (SSSR count). The minimum atomic E-state index is -0.954. The third-order valence-electron chi connectivity index (χ3n) is 4.62. The van der Waals surface area contributed by atoms with Gasteiger partial charge in [-0.05, 0) is 36.6 Å². The van der Waals surface area contributed by atoms with Gasteiger partial charge in [0.1, 0.15) is 18.0 Å². The maximum atomic E-state index is 14.1. The van der Waals surface area contributed by atoms with E-state index in [1.807, 2.05) is 11.9 Å². The summed E-state index contributed by atoms with van der Waals surface area (Å²) in [6, 6.07) is 2.95. The van der Waals surface area contributed by atoms with Crippen molar-refractivity contribution in [3.05, 3.63) is 35.1 Å². The Bertz CT molecular complexity index is 716. The van der Waals surface area contributed by atoms with Crippen LogP contribution in [0.3, 0.4) is 0 Å². The van der Waals surface area contributed by atoms with Gasteiger partial charge in [0.25, 0.3) is 5.91 Å². The molecule has 1 amide bonds. The molecule has 2 aliphatic rings. The fraction of sp³-hybridized carbons (Fsp3) is 0.556. The van der Waals surface area contributed by atoms with Crippen LogP contribution in [0.2, 0.25) is 0 Å². The van der Waals surface area contributed by atoms with Crippen LogP contribution in [0.4, 0.5) is 4.39 Å². The van der Waals surface area contributed by atoms with Crippen molar-refractivity contribution < 1.29 is 18.7 Å². The Hall–Kier alpha value is -1.74. The van der Waals surface area contributed by atoms with Gasteiger partial charge in [0, 0.05) is 25.2 Å². The van der Waals surface area contributed by atoms with E-state index >= 15 is 0 Å². The molecule has 27 heavy (non-hydrogen) atoms. The van der Waals surface area contributed by atoms with Crippen molar-refractivity contribution in [3.63, 3.8) is 0 Å². The maximum Gasteiger partial charge on any atom is 0.325 e. The zero-order chi connectivity index (χ0) is 19.6. The predicted octanol–water partition coefficient (Wildman–Crippen LogP) is 1.08. The van der Waals surface area contributed by atoms with Gasteiger partial charge >= 0.3 is 5.97 Å². The van der Waals surface area contributed by atoms with Gasteiger partial charge in [-0.15, -0.1) is 11.6 Å². The van der Waals surface area contributed by atoms with Gasteiger partial charge in [-0.1, -0.05) is 6.92 Å². The van der Waals surface area contributed by atoms with Crippen LogP contribution in [0.5, 0.6) is 0 Å².